The Bertz CT molecular complexity index is 503. The summed E-state index contributed by atoms with van der Waals surface area (Å²) in [7, 11) is 7.52. The first kappa shape index (κ1) is 19.8. The summed E-state index contributed by atoms with van der Waals surface area (Å²) in [5, 5.41) is 0. The van der Waals surface area contributed by atoms with E-state index in [1.165, 1.54) is 0 Å². The first-order valence-electron chi connectivity index (χ1n) is 9.45. The number of ether oxygens (including phenoxy) is 2. The lowest BCUT2D eigenvalue weighted by Gasteiger charge is -2.32. The normalized spacial score (nSPS) is 26.2. The van der Waals surface area contributed by atoms with Gasteiger partial charge in [-0.1, -0.05) is 19.8 Å². The number of methoxy groups -OCH3 is 2. The highest BCUT2D eigenvalue weighted by molar-refractivity contribution is 5.89. The van der Waals surface area contributed by atoms with Crippen molar-refractivity contribution in [2.24, 2.45) is 11.3 Å². The summed E-state index contributed by atoms with van der Waals surface area (Å²) in [5.74, 6) is 2.09. The minimum absolute atomic E-state index is 0.135. The number of rotatable bonds is 9. The lowest BCUT2D eigenvalue weighted by Crippen LogP contribution is -2.36. The van der Waals surface area contributed by atoms with E-state index in [0.717, 1.165) is 63.3 Å². The van der Waals surface area contributed by atoms with E-state index in [0.29, 0.717) is 0 Å². The Morgan fingerprint density at radius 2 is 1.84 bits per heavy atom. The summed E-state index contributed by atoms with van der Waals surface area (Å²) in [6.45, 7) is 4.79. The molecule has 0 aromatic heterocycles. The number of nitrogens with zero attached hydrogens (tertiary/aromatic N) is 2. The van der Waals surface area contributed by atoms with Crippen molar-refractivity contribution in [1.82, 2.24) is 9.80 Å². The SMILES string of the molecule is CCCCC1C(OC)=CC2(C=C1OC)CCN(CCCN(C)C)C2=O. The molecule has 5 nitrogen and oxygen atoms in total. The summed E-state index contributed by atoms with van der Waals surface area (Å²) in [6, 6.07) is 0. The molecule has 0 atom stereocenters. The lowest BCUT2D eigenvalue weighted by molar-refractivity contribution is -0.132. The number of likely N-dealkylation sites (tertiary alicyclic amines) is 1. The number of unbranched alkanes of at least 4 members (excludes halogenated alkanes) is 1. The number of carbonyl (C=O) groups is 1. The first-order valence-corrected chi connectivity index (χ1v) is 9.45. The highest BCUT2D eigenvalue weighted by Crippen LogP contribution is 2.44. The fraction of sp³-hybridized carbons (Fsp3) is 0.750. The minimum Gasteiger partial charge on any atom is -0.501 e. The van der Waals surface area contributed by atoms with Crippen LogP contribution in [0.2, 0.25) is 0 Å². The molecular formula is C20H34N2O3. The molecule has 1 aliphatic heterocycles. The van der Waals surface area contributed by atoms with E-state index in [2.05, 4.69) is 38.1 Å². The van der Waals surface area contributed by atoms with Crippen LogP contribution >= 0.6 is 0 Å². The van der Waals surface area contributed by atoms with E-state index in [-0.39, 0.29) is 11.8 Å². The van der Waals surface area contributed by atoms with Crippen molar-refractivity contribution < 1.29 is 14.3 Å². The van der Waals surface area contributed by atoms with Gasteiger partial charge in [-0.3, -0.25) is 4.79 Å². The third-order valence-electron chi connectivity index (χ3n) is 5.32. The second-order valence-electron chi connectivity index (χ2n) is 7.44. The van der Waals surface area contributed by atoms with Gasteiger partial charge in [0.15, 0.2) is 0 Å². The van der Waals surface area contributed by atoms with Gasteiger partial charge in [0, 0.05) is 13.1 Å². The van der Waals surface area contributed by atoms with Crippen molar-refractivity contribution in [3.63, 3.8) is 0 Å². The maximum atomic E-state index is 13.1. The topological polar surface area (TPSA) is 42.0 Å². The van der Waals surface area contributed by atoms with E-state index < -0.39 is 5.41 Å². The third kappa shape index (κ3) is 4.38. The second-order valence-corrected chi connectivity index (χ2v) is 7.44. The minimum atomic E-state index is -0.586. The quantitative estimate of drug-likeness (QED) is 0.641. The Hall–Kier alpha value is -1.49. The molecule has 5 heteroatoms. The summed E-state index contributed by atoms with van der Waals surface area (Å²) >= 11 is 0. The van der Waals surface area contributed by atoms with Gasteiger partial charge in [0.1, 0.15) is 11.5 Å². The molecule has 0 aromatic carbocycles. The summed E-state index contributed by atoms with van der Waals surface area (Å²) in [5.41, 5.74) is -0.586. The van der Waals surface area contributed by atoms with Gasteiger partial charge in [-0.15, -0.1) is 0 Å². The standard InChI is InChI=1S/C20H34N2O3/c1-6-7-9-16-17(24-4)14-20(15-18(16)25-5)10-13-22(19(20)23)12-8-11-21(2)3/h14-16H,6-13H2,1-5H3. The number of carbonyl (C=O) groups excluding carboxylic acids is 1. The van der Waals surface area contributed by atoms with Crippen molar-refractivity contribution >= 4 is 5.91 Å². The van der Waals surface area contributed by atoms with Crippen molar-refractivity contribution in [2.45, 2.75) is 39.0 Å². The molecule has 2 aliphatic rings. The van der Waals surface area contributed by atoms with Crippen LogP contribution in [0.15, 0.2) is 23.7 Å². The zero-order valence-electron chi connectivity index (χ0n) is 16.5. The van der Waals surface area contributed by atoms with E-state index in [9.17, 15) is 4.79 Å². The van der Waals surface area contributed by atoms with Gasteiger partial charge in [0.2, 0.25) is 5.91 Å². The average molecular weight is 351 g/mol. The van der Waals surface area contributed by atoms with Gasteiger partial charge in [-0.25, -0.2) is 0 Å². The Balaban J connectivity index is 2.17. The molecule has 1 heterocycles. The Morgan fingerprint density at radius 3 is 2.36 bits per heavy atom. The van der Waals surface area contributed by atoms with Gasteiger partial charge in [0.05, 0.1) is 25.6 Å². The predicted molar refractivity (Wildman–Crippen MR) is 100 cm³/mol. The van der Waals surface area contributed by atoms with Crippen LogP contribution in [-0.4, -0.2) is 63.7 Å². The van der Waals surface area contributed by atoms with E-state index in [1.807, 2.05) is 4.90 Å². The highest BCUT2D eigenvalue weighted by Gasteiger charge is 2.47. The van der Waals surface area contributed by atoms with Gasteiger partial charge < -0.3 is 19.3 Å². The largest absolute Gasteiger partial charge is 0.501 e. The molecule has 1 spiro atoms. The highest BCUT2D eigenvalue weighted by atomic mass is 16.5. The van der Waals surface area contributed by atoms with Gasteiger partial charge in [0.25, 0.3) is 0 Å². The van der Waals surface area contributed by atoms with Crippen LogP contribution < -0.4 is 0 Å². The van der Waals surface area contributed by atoms with Crippen LogP contribution in [0.5, 0.6) is 0 Å². The molecule has 1 saturated heterocycles. The summed E-state index contributed by atoms with van der Waals surface area (Å²) in [6.07, 6.45) is 9.16. The van der Waals surface area contributed by atoms with E-state index >= 15 is 0 Å². The number of hydrogen-bond donors (Lipinski definition) is 0. The zero-order valence-corrected chi connectivity index (χ0v) is 16.5. The van der Waals surface area contributed by atoms with Crippen molar-refractivity contribution in [3.8, 4) is 0 Å². The van der Waals surface area contributed by atoms with Gasteiger partial charge in [-0.05, 0) is 52.1 Å². The molecule has 142 valence electrons. The zero-order chi connectivity index (χ0) is 18.4. The molecule has 1 aliphatic carbocycles. The Labute approximate surface area is 152 Å². The maximum absolute atomic E-state index is 13.1. The van der Waals surface area contributed by atoms with Crippen LogP contribution in [0.4, 0.5) is 0 Å². The molecule has 2 rings (SSSR count). The molecule has 1 amide bonds. The molecule has 0 radical (unpaired) electrons. The molecule has 25 heavy (non-hydrogen) atoms. The lowest BCUT2D eigenvalue weighted by atomic mass is 9.77. The molecule has 0 N–H and O–H groups in total. The van der Waals surface area contributed by atoms with Crippen LogP contribution in [0.1, 0.15) is 39.0 Å². The monoisotopic (exact) mass is 350 g/mol. The van der Waals surface area contributed by atoms with Crippen molar-refractivity contribution in [1.29, 1.82) is 0 Å². The molecule has 1 fully saturated rings. The average Bonchev–Trinajstić information content (AvgIpc) is 2.89. The van der Waals surface area contributed by atoms with Gasteiger partial charge in [-0.2, -0.15) is 0 Å². The van der Waals surface area contributed by atoms with Crippen LogP contribution in [0.25, 0.3) is 0 Å². The van der Waals surface area contributed by atoms with Gasteiger partial charge >= 0.3 is 0 Å². The number of amides is 1. The summed E-state index contributed by atoms with van der Waals surface area (Å²) in [4.78, 5) is 17.3. The Morgan fingerprint density at radius 1 is 1.20 bits per heavy atom. The second kappa shape index (κ2) is 8.75. The van der Waals surface area contributed by atoms with Crippen LogP contribution in [-0.2, 0) is 14.3 Å². The molecule has 0 bridgehead atoms. The smallest absolute Gasteiger partial charge is 0.236 e. The molecule has 0 saturated carbocycles. The molecular weight excluding hydrogens is 316 g/mol. The van der Waals surface area contributed by atoms with Crippen LogP contribution in [0, 0.1) is 11.3 Å². The third-order valence-corrected chi connectivity index (χ3v) is 5.32. The molecule has 0 aromatic rings. The fourth-order valence-corrected chi connectivity index (χ4v) is 3.87. The Kier molecular flexibility index (Phi) is 6.94. The number of hydrogen-bond acceptors (Lipinski definition) is 4. The van der Waals surface area contributed by atoms with Crippen molar-refractivity contribution in [3.05, 3.63) is 23.7 Å². The predicted octanol–water partition coefficient (Wildman–Crippen LogP) is 3.04. The van der Waals surface area contributed by atoms with Crippen molar-refractivity contribution in [2.75, 3.05) is 47.9 Å². The fourth-order valence-electron chi connectivity index (χ4n) is 3.87. The summed E-state index contributed by atoms with van der Waals surface area (Å²) < 4.78 is 11.4. The van der Waals surface area contributed by atoms with Crippen LogP contribution in [0.3, 0.4) is 0 Å². The van der Waals surface area contributed by atoms with E-state index in [1.54, 1.807) is 14.2 Å². The van der Waals surface area contributed by atoms with E-state index in [4.69, 9.17) is 9.47 Å². The maximum Gasteiger partial charge on any atom is 0.236 e. The first-order chi connectivity index (χ1) is 12.0. The molecule has 0 unspecified atom stereocenters.